The molecule has 21 heavy (non-hydrogen) atoms. The van der Waals surface area contributed by atoms with Crippen molar-refractivity contribution in [3.05, 3.63) is 69.9 Å². The standard InChI is InChI=1S/C18H18ClNO/c1-11-5-12(2)7-13(6-11)8-16(20)18-10-14-9-15(19)3-4-17(14)21-18/h3-7,9-10,16H,8,20H2,1-2H3. The average Bonchev–Trinajstić information content (AvgIpc) is 2.80. The van der Waals surface area contributed by atoms with E-state index in [-0.39, 0.29) is 6.04 Å². The van der Waals surface area contributed by atoms with Gasteiger partial charge in [-0.05, 0) is 50.1 Å². The molecule has 3 aromatic rings. The van der Waals surface area contributed by atoms with E-state index in [4.69, 9.17) is 21.8 Å². The molecule has 3 rings (SSSR count). The van der Waals surface area contributed by atoms with Crippen LogP contribution in [0.5, 0.6) is 0 Å². The van der Waals surface area contributed by atoms with Gasteiger partial charge in [0.25, 0.3) is 0 Å². The number of benzene rings is 2. The van der Waals surface area contributed by atoms with Crippen LogP contribution < -0.4 is 5.73 Å². The van der Waals surface area contributed by atoms with E-state index in [1.54, 1.807) is 0 Å². The van der Waals surface area contributed by atoms with Gasteiger partial charge < -0.3 is 10.2 Å². The lowest BCUT2D eigenvalue weighted by atomic mass is 10.0. The fourth-order valence-electron chi connectivity index (χ4n) is 2.76. The number of rotatable bonds is 3. The number of furan rings is 1. The summed E-state index contributed by atoms with van der Waals surface area (Å²) in [7, 11) is 0. The largest absolute Gasteiger partial charge is 0.459 e. The van der Waals surface area contributed by atoms with Crippen LogP contribution in [0.2, 0.25) is 5.02 Å². The van der Waals surface area contributed by atoms with Gasteiger partial charge in [-0.1, -0.05) is 40.9 Å². The highest BCUT2D eigenvalue weighted by Gasteiger charge is 2.13. The second-order valence-corrected chi connectivity index (χ2v) is 6.07. The molecule has 0 aliphatic carbocycles. The minimum absolute atomic E-state index is 0.155. The van der Waals surface area contributed by atoms with Gasteiger partial charge in [-0.25, -0.2) is 0 Å². The van der Waals surface area contributed by atoms with E-state index in [2.05, 4.69) is 32.0 Å². The SMILES string of the molecule is Cc1cc(C)cc(CC(N)c2cc3cc(Cl)ccc3o2)c1. The summed E-state index contributed by atoms with van der Waals surface area (Å²) in [5.74, 6) is 0.798. The Balaban J connectivity index is 1.87. The number of aryl methyl sites for hydroxylation is 2. The number of hydrogen-bond donors (Lipinski definition) is 1. The van der Waals surface area contributed by atoms with Crippen LogP contribution in [0, 0.1) is 13.8 Å². The van der Waals surface area contributed by atoms with Crippen molar-refractivity contribution in [3.63, 3.8) is 0 Å². The number of halogens is 1. The summed E-state index contributed by atoms with van der Waals surface area (Å²) in [5, 5.41) is 1.70. The predicted octanol–water partition coefficient (Wildman–Crippen LogP) is 4.95. The van der Waals surface area contributed by atoms with Crippen molar-refractivity contribution in [3.8, 4) is 0 Å². The molecule has 0 amide bonds. The Kier molecular flexibility index (Phi) is 3.75. The van der Waals surface area contributed by atoms with Gasteiger partial charge >= 0.3 is 0 Å². The zero-order valence-corrected chi connectivity index (χ0v) is 12.9. The highest BCUT2D eigenvalue weighted by atomic mass is 35.5. The van der Waals surface area contributed by atoms with E-state index >= 15 is 0 Å². The number of nitrogens with two attached hydrogens (primary N) is 1. The summed E-state index contributed by atoms with van der Waals surface area (Å²) in [4.78, 5) is 0. The molecule has 3 heteroatoms. The normalized spacial score (nSPS) is 12.8. The maximum Gasteiger partial charge on any atom is 0.134 e. The summed E-state index contributed by atoms with van der Waals surface area (Å²) in [6.07, 6.45) is 0.760. The highest BCUT2D eigenvalue weighted by Crippen LogP contribution is 2.27. The minimum atomic E-state index is -0.155. The Morgan fingerprint density at radius 2 is 1.76 bits per heavy atom. The van der Waals surface area contributed by atoms with Crippen LogP contribution in [-0.2, 0) is 6.42 Å². The van der Waals surface area contributed by atoms with E-state index in [0.717, 1.165) is 23.2 Å². The number of hydrogen-bond acceptors (Lipinski definition) is 2. The summed E-state index contributed by atoms with van der Waals surface area (Å²) < 4.78 is 5.83. The van der Waals surface area contributed by atoms with Gasteiger partial charge in [-0.3, -0.25) is 0 Å². The lowest BCUT2D eigenvalue weighted by molar-refractivity contribution is 0.494. The molecule has 1 atom stereocenters. The Labute approximate surface area is 129 Å². The van der Waals surface area contributed by atoms with Crippen molar-refractivity contribution in [1.82, 2.24) is 0 Å². The molecule has 1 unspecified atom stereocenters. The molecule has 1 aromatic heterocycles. The van der Waals surface area contributed by atoms with Crippen LogP contribution in [0.1, 0.15) is 28.5 Å². The summed E-state index contributed by atoms with van der Waals surface area (Å²) in [5.41, 5.74) is 10.9. The Hall–Kier alpha value is -1.77. The second-order valence-electron chi connectivity index (χ2n) is 5.64. The van der Waals surface area contributed by atoms with Crippen molar-refractivity contribution in [1.29, 1.82) is 0 Å². The van der Waals surface area contributed by atoms with Crippen LogP contribution >= 0.6 is 11.6 Å². The van der Waals surface area contributed by atoms with Gasteiger partial charge in [-0.15, -0.1) is 0 Å². The first-order valence-corrected chi connectivity index (χ1v) is 7.41. The highest BCUT2D eigenvalue weighted by molar-refractivity contribution is 6.31. The summed E-state index contributed by atoms with van der Waals surface area (Å²) >= 11 is 6.00. The van der Waals surface area contributed by atoms with E-state index in [0.29, 0.717) is 5.02 Å². The maximum atomic E-state index is 6.30. The van der Waals surface area contributed by atoms with Gasteiger partial charge in [0, 0.05) is 10.4 Å². The van der Waals surface area contributed by atoms with Crippen molar-refractivity contribution in [2.24, 2.45) is 5.73 Å². The molecule has 0 radical (unpaired) electrons. The topological polar surface area (TPSA) is 39.2 Å². The van der Waals surface area contributed by atoms with Crippen LogP contribution in [-0.4, -0.2) is 0 Å². The van der Waals surface area contributed by atoms with Crippen LogP contribution in [0.3, 0.4) is 0 Å². The van der Waals surface area contributed by atoms with E-state index in [1.807, 2.05) is 24.3 Å². The molecule has 0 aliphatic heterocycles. The average molecular weight is 300 g/mol. The quantitative estimate of drug-likeness (QED) is 0.743. The third-order valence-corrected chi connectivity index (χ3v) is 3.84. The van der Waals surface area contributed by atoms with Crippen LogP contribution in [0.15, 0.2) is 46.9 Å². The van der Waals surface area contributed by atoms with Gasteiger partial charge in [0.15, 0.2) is 0 Å². The fourth-order valence-corrected chi connectivity index (χ4v) is 2.94. The molecular weight excluding hydrogens is 282 g/mol. The molecular formula is C18H18ClNO. The van der Waals surface area contributed by atoms with E-state index in [1.165, 1.54) is 16.7 Å². The first kappa shape index (κ1) is 14.2. The molecule has 2 nitrogen and oxygen atoms in total. The lowest BCUT2D eigenvalue weighted by Gasteiger charge is -2.10. The molecule has 2 aromatic carbocycles. The lowest BCUT2D eigenvalue weighted by Crippen LogP contribution is -2.12. The van der Waals surface area contributed by atoms with Gasteiger partial charge in [0.1, 0.15) is 11.3 Å². The smallest absolute Gasteiger partial charge is 0.134 e. The zero-order chi connectivity index (χ0) is 15.0. The van der Waals surface area contributed by atoms with Crippen molar-refractivity contribution < 1.29 is 4.42 Å². The fraction of sp³-hybridized carbons (Fsp3) is 0.222. The molecule has 0 bridgehead atoms. The Morgan fingerprint density at radius 1 is 1.05 bits per heavy atom. The first-order valence-electron chi connectivity index (χ1n) is 7.03. The van der Waals surface area contributed by atoms with Gasteiger partial charge in [0.2, 0.25) is 0 Å². The van der Waals surface area contributed by atoms with Gasteiger partial charge in [0.05, 0.1) is 6.04 Å². The van der Waals surface area contributed by atoms with Crippen molar-refractivity contribution in [2.75, 3.05) is 0 Å². The third kappa shape index (κ3) is 3.12. The first-order chi connectivity index (χ1) is 10.0. The predicted molar refractivity (Wildman–Crippen MR) is 87.8 cm³/mol. The molecule has 108 valence electrons. The monoisotopic (exact) mass is 299 g/mol. The summed E-state index contributed by atoms with van der Waals surface area (Å²) in [6, 6.07) is 13.9. The minimum Gasteiger partial charge on any atom is -0.459 e. The molecule has 0 aliphatic rings. The molecule has 0 saturated carbocycles. The van der Waals surface area contributed by atoms with Crippen LogP contribution in [0.4, 0.5) is 0 Å². The molecule has 0 saturated heterocycles. The maximum absolute atomic E-state index is 6.30. The van der Waals surface area contributed by atoms with Gasteiger partial charge in [-0.2, -0.15) is 0 Å². The van der Waals surface area contributed by atoms with E-state index in [9.17, 15) is 0 Å². The van der Waals surface area contributed by atoms with Crippen molar-refractivity contribution >= 4 is 22.6 Å². The summed E-state index contributed by atoms with van der Waals surface area (Å²) in [6.45, 7) is 4.20. The Bertz CT molecular complexity index is 771. The molecule has 2 N–H and O–H groups in total. The number of fused-ring (bicyclic) bond motifs is 1. The van der Waals surface area contributed by atoms with Crippen molar-refractivity contribution in [2.45, 2.75) is 26.3 Å². The second kappa shape index (κ2) is 5.55. The molecule has 0 fully saturated rings. The Morgan fingerprint density at radius 3 is 2.48 bits per heavy atom. The molecule has 1 heterocycles. The van der Waals surface area contributed by atoms with E-state index < -0.39 is 0 Å². The van der Waals surface area contributed by atoms with Crippen LogP contribution in [0.25, 0.3) is 11.0 Å². The third-order valence-electron chi connectivity index (χ3n) is 3.60. The molecule has 0 spiro atoms. The zero-order valence-electron chi connectivity index (χ0n) is 12.2.